The molecule has 3 amide bonds. The highest BCUT2D eigenvalue weighted by molar-refractivity contribution is 5.95. The van der Waals surface area contributed by atoms with Crippen LogP contribution in [-0.4, -0.2) is 103 Å². The van der Waals surface area contributed by atoms with Crippen molar-refractivity contribution in [3.05, 3.63) is 88.5 Å². The molecule has 0 saturated carbocycles. The lowest BCUT2D eigenvalue weighted by atomic mass is 9.91. The minimum absolute atomic E-state index is 0.00229. The number of likely N-dealkylation sites (N-methyl/N-ethyl adjacent to an activating group) is 1. The summed E-state index contributed by atoms with van der Waals surface area (Å²) in [5.74, 6) is -3.00. The van der Waals surface area contributed by atoms with Gasteiger partial charge in [0.25, 0.3) is 0 Å². The van der Waals surface area contributed by atoms with E-state index in [9.17, 15) is 29.1 Å². The zero-order valence-corrected chi connectivity index (χ0v) is 30.9. The number of fused-ring (bicyclic) bond motifs is 2. The van der Waals surface area contributed by atoms with Gasteiger partial charge in [-0.1, -0.05) is 36.4 Å². The number of carbonyl (C=O) groups is 5. The second-order valence-corrected chi connectivity index (χ2v) is 14.8. The van der Waals surface area contributed by atoms with Crippen LogP contribution in [-0.2, 0) is 51.0 Å². The monoisotopic (exact) mass is 731 g/mol. The quantitative estimate of drug-likeness (QED) is 0.206. The smallest absolute Gasteiger partial charge is 0.338 e. The van der Waals surface area contributed by atoms with E-state index >= 15 is 0 Å². The predicted molar refractivity (Wildman–Crippen MR) is 194 cm³/mol. The summed E-state index contributed by atoms with van der Waals surface area (Å²) in [6, 6.07) is 14.0. The first-order valence-electron chi connectivity index (χ1n) is 17.9. The van der Waals surface area contributed by atoms with Crippen molar-refractivity contribution < 1.29 is 48.0 Å². The Hall–Kier alpha value is -4.85. The summed E-state index contributed by atoms with van der Waals surface area (Å²) < 4.78 is 24.4. The summed E-state index contributed by atoms with van der Waals surface area (Å²) in [7, 11) is 3.32. The summed E-state index contributed by atoms with van der Waals surface area (Å²) in [5, 5.41) is 15.2. The van der Waals surface area contributed by atoms with Crippen LogP contribution in [0.3, 0.4) is 0 Å². The van der Waals surface area contributed by atoms with Crippen LogP contribution in [0.4, 0.5) is 0 Å². The van der Waals surface area contributed by atoms with Gasteiger partial charge in [-0.25, -0.2) is 4.79 Å². The predicted octanol–water partition coefficient (Wildman–Crippen LogP) is 3.03. The Balaban J connectivity index is 1.21. The van der Waals surface area contributed by atoms with E-state index in [2.05, 4.69) is 10.6 Å². The van der Waals surface area contributed by atoms with Crippen LogP contribution in [0.1, 0.15) is 73.5 Å². The molecule has 13 heteroatoms. The topological polar surface area (TPSA) is 170 Å². The number of aliphatic hydroxyl groups excluding tert-OH is 1. The molecule has 0 bridgehead atoms. The van der Waals surface area contributed by atoms with Gasteiger partial charge in [-0.2, -0.15) is 0 Å². The second-order valence-electron chi connectivity index (χ2n) is 14.8. The van der Waals surface area contributed by atoms with E-state index in [0.29, 0.717) is 24.0 Å². The number of aliphatic hydroxyl groups is 1. The SMILES string of the molecule is CN(C)C(=O)C=Cc1ccc(C(=O)OC2CC(C(=O)NCCC(=O)NC(CO)CCC(=O)OC(C)(C)C)=CC3OC4(Cc5ccccc5C4)OC32)cc1. The molecule has 3 aliphatic rings. The summed E-state index contributed by atoms with van der Waals surface area (Å²) in [6.45, 7) is 4.93. The van der Waals surface area contributed by atoms with Crippen LogP contribution in [0.5, 0.6) is 0 Å². The molecule has 2 aliphatic carbocycles. The summed E-state index contributed by atoms with van der Waals surface area (Å²) >= 11 is 0. The maximum Gasteiger partial charge on any atom is 0.338 e. The normalized spacial score (nSPS) is 20.6. The molecule has 1 heterocycles. The fourth-order valence-corrected chi connectivity index (χ4v) is 6.51. The van der Waals surface area contributed by atoms with E-state index in [-0.39, 0.29) is 44.7 Å². The van der Waals surface area contributed by atoms with Crippen molar-refractivity contribution in [1.82, 2.24) is 15.5 Å². The zero-order valence-electron chi connectivity index (χ0n) is 30.9. The molecule has 1 saturated heterocycles. The first-order valence-corrected chi connectivity index (χ1v) is 17.9. The largest absolute Gasteiger partial charge is 0.460 e. The Bertz CT molecular complexity index is 1720. The number of nitrogens with zero attached hydrogens (tertiary/aromatic N) is 1. The number of benzene rings is 2. The number of amides is 3. The second kappa shape index (κ2) is 16.9. The fraction of sp³-hybridized carbons (Fsp3) is 0.475. The summed E-state index contributed by atoms with van der Waals surface area (Å²) in [4.78, 5) is 64.9. The molecule has 5 rings (SSSR count). The van der Waals surface area contributed by atoms with Gasteiger partial charge in [0.15, 0.2) is 5.79 Å². The van der Waals surface area contributed by atoms with Crippen LogP contribution < -0.4 is 10.6 Å². The number of ether oxygens (including phenoxy) is 4. The maximum absolute atomic E-state index is 13.4. The molecule has 0 aromatic heterocycles. The van der Waals surface area contributed by atoms with Crippen molar-refractivity contribution in [1.29, 1.82) is 0 Å². The highest BCUT2D eigenvalue weighted by Crippen LogP contribution is 2.45. The first kappa shape index (κ1) is 39.4. The van der Waals surface area contributed by atoms with Crippen LogP contribution in [0.2, 0.25) is 0 Å². The summed E-state index contributed by atoms with van der Waals surface area (Å²) in [6.07, 6.45) is 3.87. The van der Waals surface area contributed by atoms with Gasteiger partial charge < -0.3 is 39.6 Å². The fourth-order valence-electron chi connectivity index (χ4n) is 6.51. The molecule has 3 N–H and O–H groups in total. The lowest BCUT2D eigenvalue weighted by Gasteiger charge is -2.30. The number of hydrogen-bond acceptors (Lipinski definition) is 10. The van der Waals surface area contributed by atoms with Crippen molar-refractivity contribution >= 4 is 35.7 Å². The van der Waals surface area contributed by atoms with Gasteiger partial charge in [0.1, 0.15) is 23.9 Å². The van der Waals surface area contributed by atoms with E-state index in [1.807, 2.05) is 24.3 Å². The van der Waals surface area contributed by atoms with Gasteiger partial charge in [0, 0.05) is 64.4 Å². The molecule has 53 heavy (non-hydrogen) atoms. The number of hydrogen-bond donors (Lipinski definition) is 3. The average Bonchev–Trinajstić information content (AvgIpc) is 3.66. The molecule has 2 aromatic rings. The molecular formula is C40H49N3O10. The molecule has 13 nitrogen and oxygen atoms in total. The van der Waals surface area contributed by atoms with Gasteiger partial charge in [0.05, 0.1) is 18.2 Å². The van der Waals surface area contributed by atoms with Crippen molar-refractivity contribution in [3.63, 3.8) is 0 Å². The van der Waals surface area contributed by atoms with Crippen LogP contribution in [0, 0.1) is 0 Å². The van der Waals surface area contributed by atoms with Crippen LogP contribution in [0.15, 0.2) is 66.3 Å². The average molecular weight is 732 g/mol. The molecule has 0 radical (unpaired) electrons. The molecule has 1 fully saturated rings. The van der Waals surface area contributed by atoms with E-state index in [4.69, 9.17) is 18.9 Å². The molecule has 1 spiro atoms. The standard InChI is InChI=1S/C40H49N3O10/c1-39(2,3)52-35(47)17-15-30(24-44)42-33(45)18-19-41-37(48)29-20-31(50-38(49)26-13-10-25(11-14-26)12-16-34(46)43(4)5)36-32(21-29)51-40(53-36)22-27-8-6-7-9-28(27)23-40/h6-14,16,21,30-32,36,44H,15,17-20,22-24H2,1-5H3,(H,41,48)(H,42,45). The molecular weight excluding hydrogens is 682 g/mol. The zero-order chi connectivity index (χ0) is 38.3. The Labute approximate surface area is 309 Å². The Morgan fingerprint density at radius 3 is 2.30 bits per heavy atom. The Morgan fingerprint density at radius 1 is 1.00 bits per heavy atom. The van der Waals surface area contributed by atoms with Crippen LogP contribution >= 0.6 is 0 Å². The van der Waals surface area contributed by atoms with E-state index in [1.165, 1.54) is 11.0 Å². The number of carbonyl (C=O) groups excluding carboxylic acids is 5. The number of rotatable bonds is 13. The molecule has 2 aromatic carbocycles. The van der Waals surface area contributed by atoms with Gasteiger partial charge in [-0.3, -0.25) is 19.2 Å². The van der Waals surface area contributed by atoms with Crippen molar-refractivity contribution in [2.75, 3.05) is 27.2 Å². The van der Waals surface area contributed by atoms with Gasteiger partial charge in [-0.15, -0.1) is 0 Å². The highest BCUT2D eigenvalue weighted by Gasteiger charge is 2.55. The molecule has 1 aliphatic heterocycles. The third-order valence-electron chi connectivity index (χ3n) is 9.11. The van der Waals surface area contributed by atoms with E-state index < -0.39 is 59.5 Å². The number of esters is 2. The van der Waals surface area contributed by atoms with Gasteiger partial charge in [0.2, 0.25) is 17.7 Å². The third-order valence-corrected chi connectivity index (χ3v) is 9.11. The van der Waals surface area contributed by atoms with Crippen molar-refractivity contribution in [2.24, 2.45) is 0 Å². The van der Waals surface area contributed by atoms with Crippen molar-refractivity contribution in [3.8, 4) is 0 Å². The maximum atomic E-state index is 13.4. The van der Waals surface area contributed by atoms with Crippen LogP contribution in [0.25, 0.3) is 6.08 Å². The molecule has 284 valence electrons. The number of nitrogens with one attached hydrogen (secondary N) is 2. The van der Waals surface area contributed by atoms with E-state index in [1.54, 1.807) is 71.3 Å². The van der Waals surface area contributed by atoms with Gasteiger partial charge >= 0.3 is 11.9 Å². The minimum Gasteiger partial charge on any atom is -0.460 e. The lowest BCUT2D eigenvalue weighted by molar-refractivity contribution is -0.172. The molecule has 4 atom stereocenters. The highest BCUT2D eigenvalue weighted by atomic mass is 16.8. The lowest BCUT2D eigenvalue weighted by Crippen LogP contribution is -2.44. The van der Waals surface area contributed by atoms with Gasteiger partial charge in [-0.05, 0) is 68.2 Å². The Morgan fingerprint density at radius 2 is 1.68 bits per heavy atom. The first-order chi connectivity index (χ1) is 25.1. The minimum atomic E-state index is -0.963. The third kappa shape index (κ3) is 10.6. The Kier molecular flexibility index (Phi) is 12.5. The summed E-state index contributed by atoms with van der Waals surface area (Å²) in [5.41, 5.74) is 2.93. The molecule has 4 unspecified atom stereocenters. The van der Waals surface area contributed by atoms with E-state index in [0.717, 1.165) is 16.7 Å². The van der Waals surface area contributed by atoms with Crippen molar-refractivity contribution in [2.45, 2.75) is 95.0 Å².